The van der Waals surface area contributed by atoms with E-state index in [0.29, 0.717) is 5.92 Å². The van der Waals surface area contributed by atoms with Crippen LogP contribution in [0.1, 0.15) is 11.1 Å². The Morgan fingerprint density at radius 3 is 3.00 bits per heavy atom. The molecule has 0 amide bonds. The van der Waals surface area contributed by atoms with Crippen LogP contribution in [-0.4, -0.2) is 25.0 Å². The monoisotopic (exact) mass is 237 g/mol. The van der Waals surface area contributed by atoms with Gasteiger partial charge in [0.1, 0.15) is 0 Å². The van der Waals surface area contributed by atoms with Gasteiger partial charge in [0.15, 0.2) is 0 Å². The molecule has 1 aromatic rings. The lowest BCUT2D eigenvalue weighted by Gasteiger charge is -2.23. The Morgan fingerprint density at radius 2 is 2.06 bits per heavy atom. The van der Waals surface area contributed by atoms with Gasteiger partial charge in [-0.2, -0.15) is 0 Å². The quantitative estimate of drug-likeness (QED) is 0.669. The number of likely N-dealkylation sites (N-methyl/N-ethyl adjacent to an activating group) is 1. The molecular weight excluding hydrogens is 218 g/mol. The first kappa shape index (κ1) is 11.5. The maximum absolute atomic E-state index is 2.43. The van der Waals surface area contributed by atoms with Gasteiger partial charge in [0.05, 0.1) is 0 Å². The Morgan fingerprint density at radius 1 is 1.17 bits per heavy atom. The maximum atomic E-state index is 2.43. The molecule has 1 heterocycles. The maximum Gasteiger partial charge on any atom is 0.0149 e. The second-order valence-corrected chi connectivity index (χ2v) is 5.21. The largest absolute Gasteiger partial charge is 0.305 e. The summed E-state index contributed by atoms with van der Waals surface area (Å²) in [5.41, 5.74) is 4.27. The molecule has 0 saturated heterocycles. The molecule has 1 aromatic carbocycles. The van der Waals surface area contributed by atoms with E-state index < -0.39 is 0 Å². The molecule has 1 unspecified atom stereocenters. The molecule has 1 aliphatic heterocycles. The fourth-order valence-corrected chi connectivity index (χ4v) is 2.74. The van der Waals surface area contributed by atoms with Crippen LogP contribution < -0.4 is 0 Å². The molecule has 1 heteroatoms. The van der Waals surface area contributed by atoms with Crippen molar-refractivity contribution in [2.75, 3.05) is 20.1 Å². The van der Waals surface area contributed by atoms with Crippen LogP contribution in [0, 0.1) is 5.92 Å². The van der Waals surface area contributed by atoms with Crippen molar-refractivity contribution in [2.24, 2.45) is 5.92 Å². The number of rotatable bonds is 0. The summed E-state index contributed by atoms with van der Waals surface area (Å²) in [4.78, 5) is 2.43. The Kier molecular flexibility index (Phi) is 3.16. The van der Waals surface area contributed by atoms with Gasteiger partial charge in [-0.3, -0.25) is 0 Å². The Hall–Kier alpha value is -1.60. The van der Waals surface area contributed by atoms with E-state index in [1.165, 1.54) is 16.7 Å². The van der Waals surface area contributed by atoms with Crippen molar-refractivity contribution in [3.8, 4) is 0 Å². The summed E-state index contributed by atoms with van der Waals surface area (Å²) in [6, 6.07) is 8.76. The van der Waals surface area contributed by atoms with Gasteiger partial charge in [-0.25, -0.2) is 0 Å². The van der Waals surface area contributed by atoms with E-state index in [2.05, 4.69) is 66.6 Å². The Balaban J connectivity index is 2.05. The van der Waals surface area contributed by atoms with Crippen molar-refractivity contribution in [1.29, 1.82) is 0 Å². The molecular formula is C17H19N. The average Bonchev–Trinajstić information content (AvgIpc) is 2.46. The number of fused-ring (bicyclic) bond motifs is 2. The van der Waals surface area contributed by atoms with E-state index in [-0.39, 0.29) is 0 Å². The molecule has 3 rings (SSSR count). The van der Waals surface area contributed by atoms with Crippen molar-refractivity contribution in [3.63, 3.8) is 0 Å². The summed E-state index contributed by atoms with van der Waals surface area (Å²) < 4.78 is 0. The minimum absolute atomic E-state index is 0.533. The molecule has 1 atom stereocenters. The second-order valence-electron chi connectivity index (χ2n) is 5.21. The molecule has 0 fully saturated rings. The fraction of sp³-hybridized carbons (Fsp3) is 0.294. The van der Waals surface area contributed by atoms with Gasteiger partial charge in [-0.05, 0) is 30.2 Å². The summed E-state index contributed by atoms with van der Waals surface area (Å²) in [5, 5.41) is 0. The van der Waals surface area contributed by atoms with Gasteiger partial charge in [0, 0.05) is 19.0 Å². The van der Waals surface area contributed by atoms with Crippen LogP contribution in [0.15, 0.2) is 54.1 Å². The van der Waals surface area contributed by atoms with E-state index in [1.807, 2.05) is 0 Å². The molecule has 0 saturated carbocycles. The zero-order valence-electron chi connectivity index (χ0n) is 10.8. The molecule has 1 aliphatic carbocycles. The van der Waals surface area contributed by atoms with E-state index in [1.54, 1.807) is 0 Å². The van der Waals surface area contributed by atoms with Crippen LogP contribution >= 0.6 is 0 Å². The molecule has 0 radical (unpaired) electrons. The van der Waals surface area contributed by atoms with Crippen molar-refractivity contribution in [2.45, 2.75) is 6.42 Å². The van der Waals surface area contributed by atoms with Crippen LogP contribution in [-0.2, 0) is 6.42 Å². The van der Waals surface area contributed by atoms with Crippen LogP contribution in [0.3, 0.4) is 0 Å². The van der Waals surface area contributed by atoms with Crippen LogP contribution in [0.5, 0.6) is 0 Å². The molecule has 2 aliphatic rings. The molecule has 1 nitrogen and oxygen atoms in total. The lowest BCUT2D eigenvalue weighted by atomic mass is 9.92. The van der Waals surface area contributed by atoms with E-state index in [9.17, 15) is 0 Å². The first-order chi connectivity index (χ1) is 8.83. The third-order valence-corrected chi connectivity index (χ3v) is 3.82. The van der Waals surface area contributed by atoms with Gasteiger partial charge in [-0.15, -0.1) is 0 Å². The molecule has 0 bridgehead atoms. The highest BCUT2D eigenvalue weighted by Gasteiger charge is 2.16. The summed E-state index contributed by atoms with van der Waals surface area (Å²) in [7, 11) is 2.22. The summed E-state index contributed by atoms with van der Waals surface area (Å²) in [6.45, 7) is 2.24. The third-order valence-electron chi connectivity index (χ3n) is 3.82. The van der Waals surface area contributed by atoms with Crippen LogP contribution in [0.4, 0.5) is 0 Å². The normalized spacial score (nSPS) is 26.3. The lowest BCUT2D eigenvalue weighted by molar-refractivity contribution is 0.319. The van der Waals surface area contributed by atoms with Gasteiger partial charge >= 0.3 is 0 Å². The minimum atomic E-state index is 0.533. The summed E-state index contributed by atoms with van der Waals surface area (Å²) >= 11 is 0. The number of nitrogens with zero attached hydrogens (tertiary/aromatic N) is 1. The summed E-state index contributed by atoms with van der Waals surface area (Å²) in [6.07, 6.45) is 12.4. The highest BCUT2D eigenvalue weighted by atomic mass is 15.1. The highest BCUT2D eigenvalue weighted by Crippen LogP contribution is 2.25. The van der Waals surface area contributed by atoms with Gasteiger partial charge in [-0.1, -0.05) is 54.6 Å². The number of hydrogen-bond acceptors (Lipinski definition) is 1. The van der Waals surface area contributed by atoms with Gasteiger partial charge in [0.2, 0.25) is 0 Å². The zero-order valence-corrected chi connectivity index (χ0v) is 10.8. The first-order valence-corrected chi connectivity index (χ1v) is 6.66. The zero-order chi connectivity index (χ0) is 12.4. The first-order valence-electron chi connectivity index (χ1n) is 6.66. The average molecular weight is 237 g/mol. The van der Waals surface area contributed by atoms with Crippen LogP contribution in [0.25, 0.3) is 6.08 Å². The van der Waals surface area contributed by atoms with E-state index in [0.717, 1.165) is 19.5 Å². The molecule has 18 heavy (non-hydrogen) atoms. The Labute approximate surface area is 109 Å². The number of benzene rings is 1. The van der Waals surface area contributed by atoms with Crippen molar-refractivity contribution in [3.05, 3.63) is 65.3 Å². The van der Waals surface area contributed by atoms with E-state index in [4.69, 9.17) is 0 Å². The third kappa shape index (κ3) is 2.32. The number of hydrogen-bond donors (Lipinski definition) is 0. The highest BCUT2D eigenvalue weighted by molar-refractivity contribution is 5.61. The number of allylic oxidation sites excluding steroid dienone is 3. The predicted octanol–water partition coefficient (Wildman–Crippen LogP) is 3.30. The minimum Gasteiger partial charge on any atom is -0.305 e. The smallest absolute Gasteiger partial charge is 0.0149 e. The SMILES string of the molecule is CN1CCc2ccccc2/C=C2/C=CC=CC2C1. The fourth-order valence-electron chi connectivity index (χ4n) is 2.74. The van der Waals surface area contributed by atoms with E-state index >= 15 is 0 Å². The summed E-state index contributed by atoms with van der Waals surface area (Å²) in [5.74, 6) is 0.533. The topological polar surface area (TPSA) is 3.24 Å². The lowest BCUT2D eigenvalue weighted by Crippen LogP contribution is -2.27. The van der Waals surface area contributed by atoms with Crippen molar-refractivity contribution < 1.29 is 0 Å². The Bertz CT molecular complexity index is 522. The van der Waals surface area contributed by atoms with Gasteiger partial charge < -0.3 is 4.90 Å². The second kappa shape index (κ2) is 4.95. The predicted molar refractivity (Wildman–Crippen MR) is 77.4 cm³/mol. The molecule has 0 spiro atoms. The molecule has 0 N–H and O–H groups in total. The van der Waals surface area contributed by atoms with Crippen molar-refractivity contribution >= 4 is 6.08 Å². The van der Waals surface area contributed by atoms with Crippen LogP contribution in [0.2, 0.25) is 0 Å². The molecule has 0 aromatic heterocycles. The van der Waals surface area contributed by atoms with Crippen molar-refractivity contribution in [1.82, 2.24) is 4.90 Å². The van der Waals surface area contributed by atoms with Gasteiger partial charge in [0.25, 0.3) is 0 Å². The molecule has 92 valence electrons. The standard InChI is InChI=1S/C17H19N/c1-18-11-10-14-6-2-3-7-15(14)12-16-8-4-5-9-17(16)13-18/h2-9,12,17H,10-11,13H2,1H3/b16-12-.